The molecule has 0 aliphatic rings. The first-order valence-corrected chi connectivity index (χ1v) is 12.2. The lowest BCUT2D eigenvalue weighted by atomic mass is 10.1. The van der Waals surface area contributed by atoms with Crippen LogP contribution in [0.1, 0.15) is 48.4 Å². The Kier molecular flexibility index (Phi) is 9.33. The fourth-order valence-electron chi connectivity index (χ4n) is 3.13. The SMILES string of the molecule is CCCCOC(=O)c1cc(NC(=O)CSc2nnc(Cc3ccccc3)n2CC)ccc1Cl. The van der Waals surface area contributed by atoms with Crippen LogP contribution in [0.15, 0.2) is 53.7 Å². The molecule has 0 bridgehead atoms. The van der Waals surface area contributed by atoms with E-state index in [9.17, 15) is 9.59 Å². The Bertz CT molecular complexity index is 1090. The Labute approximate surface area is 202 Å². The standard InChI is InChI=1S/C24H27ClN4O3S/c1-3-5-13-32-23(31)19-15-18(11-12-20(19)25)26-22(30)16-33-24-28-27-21(29(24)4-2)14-17-9-7-6-8-10-17/h6-12,15H,3-5,13-14,16H2,1-2H3,(H,26,30). The summed E-state index contributed by atoms with van der Waals surface area (Å²) in [5, 5.41) is 12.3. The van der Waals surface area contributed by atoms with Crippen LogP contribution in [0.4, 0.5) is 5.69 Å². The van der Waals surface area contributed by atoms with Gasteiger partial charge in [0.15, 0.2) is 5.16 Å². The average Bonchev–Trinajstić information content (AvgIpc) is 3.21. The highest BCUT2D eigenvalue weighted by molar-refractivity contribution is 7.99. The van der Waals surface area contributed by atoms with Crippen LogP contribution in [0.5, 0.6) is 0 Å². The molecule has 1 heterocycles. The number of unbranched alkanes of at least 4 members (excludes halogenated alkanes) is 1. The monoisotopic (exact) mass is 486 g/mol. The first kappa shape index (κ1) is 24.8. The number of anilines is 1. The zero-order valence-electron chi connectivity index (χ0n) is 18.7. The maximum Gasteiger partial charge on any atom is 0.339 e. The number of carbonyl (C=O) groups excluding carboxylic acids is 2. The summed E-state index contributed by atoms with van der Waals surface area (Å²) in [5.41, 5.74) is 1.87. The molecule has 0 fully saturated rings. The fourth-order valence-corrected chi connectivity index (χ4v) is 4.14. The average molecular weight is 487 g/mol. The minimum Gasteiger partial charge on any atom is -0.462 e. The number of nitrogens with one attached hydrogen (secondary N) is 1. The number of carbonyl (C=O) groups is 2. The van der Waals surface area contributed by atoms with Gasteiger partial charge in [0.2, 0.25) is 5.91 Å². The third-order valence-electron chi connectivity index (χ3n) is 4.85. The van der Waals surface area contributed by atoms with Crippen LogP contribution in [0.3, 0.4) is 0 Å². The van der Waals surface area contributed by atoms with Gasteiger partial charge in [0.1, 0.15) is 5.82 Å². The van der Waals surface area contributed by atoms with Gasteiger partial charge in [-0.15, -0.1) is 10.2 Å². The molecule has 0 spiro atoms. The van der Waals surface area contributed by atoms with E-state index in [1.54, 1.807) is 12.1 Å². The van der Waals surface area contributed by atoms with Gasteiger partial charge < -0.3 is 14.6 Å². The van der Waals surface area contributed by atoms with Crippen LogP contribution in [0.25, 0.3) is 0 Å². The molecule has 0 radical (unpaired) electrons. The third-order valence-corrected chi connectivity index (χ3v) is 6.14. The number of hydrogen-bond donors (Lipinski definition) is 1. The Morgan fingerprint density at radius 1 is 1.12 bits per heavy atom. The molecule has 3 aromatic rings. The Morgan fingerprint density at radius 2 is 1.91 bits per heavy atom. The third kappa shape index (κ3) is 7.07. The van der Waals surface area contributed by atoms with E-state index in [2.05, 4.69) is 27.6 Å². The topological polar surface area (TPSA) is 86.1 Å². The summed E-state index contributed by atoms with van der Waals surface area (Å²) in [7, 11) is 0. The predicted octanol–water partition coefficient (Wildman–Crippen LogP) is 5.23. The molecule has 0 unspecified atom stereocenters. The first-order valence-electron chi connectivity index (χ1n) is 10.9. The summed E-state index contributed by atoms with van der Waals surface area (Å²) < 4.78 is 7.24. The molecular weight excluding hydrogens is 460 g/mol. The van der Waals surface area contributed by atoms with E-state index >= 15 is 0 Å². The summed E-state index contributed by atoms with van der Waals surface area (Å²) >= 11 is 7.46. The second-order valence-corrected chi connectivity index (χ2v) is 8.68. The van der Waals surface area contributed by atoms with E-state index < -0.39 is 5.97 Å². The van der Waals surface area contributed by atoms with Crippen molar-refractivity contribution in [3.05, 3.63) is 70.5 Å². The van der Waals surface area contributed by atoms with Crippen LogP contribution in [-0.4, -0.2) is 39.0 Å². The van der Waals surface area contributed by atoms with Gasteiger partial charge >= 0.3 is 5.97 Å². The molecule has 2 aromatic carbocycles. The summed E-state index contributed by atoms with van der Waals surface area (Å²) in [6.45, 7) is 5.09. The van der Waals surface area contributed by atoms with Gasteiger partial charge in [-0.25, -0.2) is 4.79 Å². The number of benzene rings is 2. The Balaban J connectivity index is 1.59. The molecule has 1 aromatic heterocycles. The van der Waals surface area contributed by atoms with Crippen molar-refractivity contribution >= 4 is 40.9 Å². The number of aromatic nitrogens is 3. The summed E-state index contributed by atoms with van der Waals surface area (Å²) in [6, 6.07) is 14.8. The van der Waals surface area contributed by atoms with E-state index in [1.165, 1.54) is 17.8 Å². The van der Waals surface area contributed by atoms with Crippen molar-refractivity contribution in [1.82, 2.24) is 14.8 Å². The highest BCUT2D eigenvalue weighted by Crippen LogP contribution is 2.23. The molecule has 9 heteroatoms. The van der Waals surface area contributed by atoms with Crippen molar-refractivity contribution in [2.75, 3.05) is 17.7 Å². The summed E-state index contributed by atoms with van der Waals surface area (Å²) in [4.78, 5) is 24.8. The predicted molar refractivity (Wildman–Crippen MR) is 131 cm³/mol. The van der Waals surface area contributed by atoms with Crippen molar-refractivity contribution in [2.45, 2.75) is 44.8 Å². The Hall–Kier alpha value is -2.84. The van der Waals surface area contributed by atoms with E-state index in [0.29, 0.717) is 30.4 Å². The molecular formula is C24H27ClN4O3S. The van der Waals surface area contributed by atoms with Gasteiger partial charge in [0.25, 0.3) is 0 Å². The lowest BCUT2D eigenvalue weighted by Crippen LogP contribution is -2.15. The highest BCUT2D eigenvalue weighted by Gasteiger charge is 2.16. The summed E-state index contributed by atoms with van der Waals surface area (Å²) in [5.74, 6) is 0.293. The second-order valence-electron chi connectivity index (χ2n) is 7.33. The maximum atomic E-state index is 12.5. The largest absolute Gasteiger partial charge is 0.462 e. The number of esters is 1. The number of halogens is 1. The molecule has 1 amide bonds. The molecule has 33 heavy (non-hydrogen) atoms. The van der Waals surface area contributed by atoms with E-state index in [0.717, 1.165) is 24.2 Å². The first-order chi connectivity index (χ1) is 16.0. The molecule has 0 atom stereocenters. The normalized spacial score (nSPS) is 10.8. The molecule has 174 valence electrons. The number of amides is 1. The molecule has 0 saturated carbocycles. The second kappa shape index (κ2) is 12.4. The van der Waals surface area contributed by atoms with Gasteiger partial charge in [-0.2, -0.15) is 0 Å². The number of rotatable bonds is 11. The maximum absolute atomic E-state index is 12.5. The van der Waals surface area contributed by atoms with Crippen molar-refractivity contribution in [2.24, 2.45) is 0 Å². The number of hydrogen-bond acceptors (Lipinski definition) is 6. The van der Waals surface area contributed by atoms with Crippen LogP contribution in [0, 0.1) is 0 Å². The molecule has 3 rings (SSSR count). The molecule has 0 aliphatic carbocycles. The van der Waals surface area contributed by atoms with Crippen molar-refractivity contribution in [3.8, 4) is 0 Å². The summed E-state index contributed by atoms with van der Waals surface area (Å²) in [6.07, 6.45) is 2.39. The van der Waals surface area contributed by atoms with Crippen molar-refractivity contribution in [1.29, 1.82) is 0 Å². The highest BCUT2D eigenvalue weighted by atomic mass is 35.5. The molecule has 0 saturated heterocycles. The lowest BCUT2D eigenvalue weighted by Gasteiger charge is -2.10. The minimum absolute atomic E-state index is 0.155. The van der Waals surface area contributed by atoms with E-state index in [4.69, 9.17) is 16.3 Å². The van der Waals surface area contributed by atoms with Crippen molar-refractivity contribution < 1.29 is 14.3 Å². The van der Waals surface area contributed by atoms with Gasteiger partial charge in [-0.05, 0) is 37.1 Å². The number of nitrogens with zero attached hydrogens (tertiary/aromatic N) is 3. The fraction of sp³-hybridized carbons (Fsp3) is 0.333. The van der Waals surface area contributed by atoms with E-state index in [1.807, 2.05) is 36.6 Å². The van der Waals surface area contributed by atoms with E-state index in [-0.39, 0.29) is 22.2 Å². The van der Waals surface area contributed by atoms with Crippen LogP contribution in [0.2, 0.25) is 5.02 Å². The van der Waals surface area contributed by atoms with Gasteiger partial charge in [0.05, 0.1) is 22.9 Å². The van der Waals surface area contributed by atoms with Crippen LogP contribution < -0.4 is 5.32 Å². The number of thioether (sulfide) groups is 1. The lowest BCUT2D eigenvalue weighted by molar-refractivity contribution is -0.113. The molecule has 1 N–H and O–H groups in total. The van der Waals surface area contributed by atoms with Gasteiger partial charge in [-0.3, -0.25) is 4.79 Å². The van der Waals surface area contributed by atoms with Crippen LogP contribution in [-0.2, 0) is 22.5 Å². The Morgan fingerprint density at radius 3 is 2.64 bits per heavy atom. The van der Waals surface area contributed by atoms with Crippen LogP contribution >= 0.6 is 23.4 Å². The molecule has 0 aliphatic heterocycles. The quantitative estimate of drug-likeness (QED) is 0.227. The van der Waals surface area contributed by atoms with Gasteiger partial charge in [0, 0.05) is 18.7 Å². The molecule has 7 nitrogen and oxygen atoms in total. The smallest absolute Gasteiger partial charge is 0.339 e. The minimum atomic E-state index is -0.499. The number of ether oxygens (including phenoxy) is 1. The zero-order chi connectivity index (χ0) is 23.6. The van der Waals surface area contributed by atoms with Crippen molar-refractivity contribution in [3.63, 3.8) is 0 Å². The zero-order valence-corrected chi connectivity index (χ0v) is 20.3. The van der Waals surface area contributed by atoms with Gasteiger partial charge in [-0.1, -0.05) is 67.0 Å².